The first-order chi connectivity index (χ1) is 24.8. The second kappa shape index (κ2) is 14.5. The summed E-state index contributed by atoms with van der Waals surface area (Å²) in [6.45, 7) is 7.72. The fourth-order valence-corrected chi connectivity index (χ4v) is 7.73. The van der Waals surface area contributed by atoms with Gasteiger partial charge in [0.2, 0.25) is 17.7 Å². The molecule has 0 radical (unpaired) electrons. The Kier molecular flexibility index (Phi) is 9.71. The Balaban J connectivity index is 1.34. The summed E-state index contributed by atoms with van der Waals surface area (Å²) in [4.78, 5) is 47.9. The van der Waals surface area contributed by atoms with Crippen LogP contribution in [0.25, 0.3) is 28.0 Å². The number of likely N-dealkylation sites (tertiary alicyclic amines) is 1. The van der Waals surface area contributed by atoms with Gasteiger partial charge in [-0.3, -0.25) is 23.6 Å². The zero-order valence-corrected chi connectivity index (χ0v) is 29.9. The van der Waals surface area contributed by atoms with Crippen LogP contribution in [0.2, 0.25) is 0 Å². The minimum absolute atomic E-state index is 0.0352. The van der Waals surface area contributed by atoms with Crippen LogP contribution in [0, 0.1) is 5.92 Å². The third kappa shape index (κ3) is 6.53. The lowest BCUT2D eigenvalue weighted by molar-refractivity contribution is -0.136. The second-order valence-electron chi connectivity index (χ2n) is 14.1. The monoisotopic (exact) mass is 686 g/mol. The molecule has 0 spiro atoms. The number of likely N-dealkylation sites (N-methyl/N-ethyl adjacent to an activating group) is 1. The zero-order chi connectivity index (χ0) is 35.6. The first-order valence-electron chi connectivity index (χ1n) is 18.2. The van der Waals surface area contributed by atoms with Gasteiger partial charge in [-0.15, -0.1) is 10.2 Å². The molecule has 1 saturated heterocycles. The molecule has 2 atom stereocenters. The van der Waals surface area contributed by atoms with Gasteiger partial charge in [0, 0.05) is 43.5 Å². The average Bonchev–Trinajstić information content (AvgIpc) is 3.72. The summed E-state index contributed by atoms with van der Waals surface area (Å²) >= 11 is 0. The first-order valence-corrected chi connectivity index (χ1v) is 18.2. The number of amides is 3. The molecule has 1 fully saturated rings. The van der Waals surface area contributed by atoms with Crippen molar-refractivity contribution >= 4 is 34.3 Å². The van der Waals surface area contributed by atoms with Crippen LogP contribution in [0.5, 0.6) is 0 Å². The lowest BCUT2D eigenvalue weighted by Gasteiger charge is -2.39. The number of hydrogen-bond donors (Lipinski definition) is 0. The van der Waals surface area contributed by atoms with E-state index in [1.807, 2.05) is 95.3 Å². The van der Waals surface area contributed by atoms with Crippen molar-refractivity contribution in [2.24, 2.45) is 5.92 Å². The standard InChI is InChI=1S/C40H46N8O3/c1-5-22-44(4)36(49)26-47-33-19-10-9-17-29(33)31(43-47)24-30-39-42-41-38(28-15-7-6-8-16-28)48(39)35-21-12-11-20-34(35)46(40(30)51)25-37(50)45-23-14-13-18-32(45)27(2)3/h6-12,15-17,19-21,27,30,32H,5,13-14,18,22-26H2,1-4H3. The van der Waals surface area contributed by atoms with E-state index in [0.717, 1.165) is 47.8 Å². The van der Waals surface area contributed by atoms with Gasteiger partial charge < -0.3 is 14.7 Å². The van der Waals surface area contributed by atoms with Gasteiger partial charge in [-0.05, 0) is 49.8 Å². The number of para-hydroxylation sites is 3. The van der Waals surface area contributed by atoms with Gasteiger partial charge in [-0.25, -0.2) is 0 Å². The topological polar surface area (TPSA) is 109 Å². The highest BCUT2D eigenvalue weighted by Crippen LogP contribution is 2.39. The minimum atomic E-state index is -0.817. The molecule has 0 aliphatic carbocycles. The maximum atomic E-state index is 15.1. The Hall–Kier alpha value is -5.32. The number of benzene rings is 3. The maximum Gasteiger partial charge on any atom is 0.244 e. The van der Waals surface area contributed by atoms with Crippen LogP contribution in [0.15, 0.2) is 78.9 Å². The van der Waals surface area contributed by atoms with Crippen molar-refractivity contribution in [1.82, 2.24) is 34.3 Å². The van der Waals surface area contributed by atoms with Gasteiger partial charge in [0.15, 0.2) is 11.6 Å². The molecule has 2 aliphatic heterocycles. The fourth-order valence-electron chi connectivity index (χ4n) is 7.73. The molecule has 3 amide bonds. The minimum Gasteiger partial charge on any atom is -0.344 e. The van der Waals surface area contributed by atoms with Gasteiger partial charge >= 0.3 is 0 Å². The predicted octanol–water partition coefficient (Wildman–Crippen LogP) is 5.86. The number of hydrogen-bond acceptors (Lipinski definition) is 6. The first kappa shape index (κ1) is 34.1. The molecular formula is C40H46N8O3. The van der Waals surface area contributed by atoms with Crippen molar-refractivity contribution in [2.45, 2.75) is 71.4 Å². The summed E-state index contributed by atoms with van der Waals surface area (Å²) in [5.41, 5.74) is 3.73. The number of anilines is 1. The summed E-state index contributed by atoms with van der Waals surface area (Å²) in [6, 6.07) is 25.5. The van der Waals surface area contributed by atoms with E-state index in [4.69, 9.17) is 10.2 Å². The maximum absolute atomic E-state index is 15.1. The molecule has 264 valence electrons. The lowest BCUT2D eigenvalue weighted by atomic mass is 9.92. The van der Waals surface area contributed by atoms with Crippen molar-refractivity contribution in [3.8, 4) is 17.1 Å². The Morgan fingerprint density at radius 2 is 1.63 bits per heavy atom. The molecule has 2 unspecified atom stereocenters. The average molecular weight is 687 g/mol. The predicted molar refractivity (Wildman–Crippen MR) is 197 cm³/mol. The van der Waals surface area contributed by atoms with Crippen molar-refractivity contribution in [1.29, 1.82) is 0 Å². The summed E-state index contributed by atoms with van der Waals surface area (Å²) in [5, 5.41) is 15.2. The number of carbonyl (C=O) groups is 3. The Labute approximate surface area is 298 Å². The third-order valence-electron chi connectivity index (χ3n) is 10.3. The van der Waals surface area contributed by atoms with Crippen LogP contribution < -0.4 is 4.90 Å². The van der Waals surface area contributed by atoms with E-state index in [1.165, 1.54) is 0 Å². The largest absolute Gasteiger partial charge is 0.344 e. The third-order valence-corrected chi connectivity index (χ3v) is 10.3. The van der Waals surface area contributed by atoms with E-state index < -0.39 is 5.92 Å². The Morgan fingerprint density at radius 3 is 2.39 bits per heavy atom. The fraction of sp³-hybridized carbons (Fsp3) is 0.400. The van der Waals surface area contributed by atoms with Crippen LogP contribution in [0.1, 0.15) is 63.9 Å². The number of carbonyl (C=O) groups excluding carboxylic acids is 3. The molecule has 0 bridgehead atoms. The highest BCUT2D eigenvalue weighted by molar-refractivity contribution is 6.05. The molecule has 11 heteroatoms. The van der Waals surface area contributed by atoms with E-state index in [-0.39, 0.29) is 43.3 Å². The number of nitrogens with zero attached hydrogens (tertiary/aromatic N) is 8. The number of fused-ring (bicyclic) bond motifs is 4. The molecule has 2 aliphatic rings. The summed E-state index contributed by atoms with van der Waals surface area (Å²) < 4.78 is 3.71. The SMILES string of the molecule is CCCN(C)C(=O)Cn1nc(CC2C(=O)N(CC(=O)N3CCCCC3C(C)C)c3ccccc3-n3c(-c4ccccc4)nnc32)c2ccccc21. The van der Waals surface area contributed by atoms with Gasteiger partial charge in [0.1, 0.15) is 19.0 Å². The number of rotatable bonds is 10. The van der Waals surface area contributed by atoms with Gasteiger partial charge in [0.05, 0.1) is 22.6 Å². The van der Waals surface area contributed by atoms with Crippen LogP contribution in [0.3, 0.4) is 0 Å². The zero-order valence-electron chi connectivity index (χ0n) is 29.9. The van der Waals surface area contributed by atoms with E-state index in [1.54, 1.807) is 21.5 Å². The molecule has 5 aromatic rings. The Bertz CT molecular complexity index is 2050. The lowest BCUT2D eigenvalue weighted by Crippen LogP contribution is -2.51. The smallest absolute Gasteiger partial charge is 0.244 e. The van der Waals surface area contributed by atoms with E-state index in [9.17, 15) is 9.59 Å². The molecule has 7 rings (SSSR count). The van der Waals surface area contributed by atoms with Crippen molar-refractivity contribution in [3.63, 3.8) is 0 Å². The van der Waals surface area contributed by atoms with Gasteiger partial charge in [0.25, 0.3) is 0 Å². The van der Waals surface area contributed by atoms with Gasteiger partial charge in [-0.2, -0.15) is 5.10 Å². The van der Waals surface area contributed by atoms with Gasteiger partial charge in [-0.1, -0.05) is 81.4 Å². The summed E-state index contributed by atoms with van der Waals surface area (Å²) in [6.07, 6.45) is 4.08. The van der Waals surface area contributed by atoms with Crippen LogP contribution in [0.4, 0.5) is 5.69 Å². The molecule has 51 heavy (non-hydrogen) atoms. The molecule has 3 aromatic carbocycles. The molecule has 11 nitrogen and oxygen atoms in total. The van der Waals surface area contributed by atoms with E-state index in [0.29, 0.717) is 42.0 Å². The molecule has 2 aromatic heterocycles. The van der Waals surface area contributed by atoms with Crippen molar-refractivity contribution in [3.05, 3.63) is 90.4 Å². The highest BCUT2D eigenvalue weighted by Gasteiger charge is 2.40. The van der Waals surface area contributed by atoms with Crippen LogP contribution in [-0.4, -0.2) is 84.8 Å². The molecule has 4 heterocycles. The summed E-state index contributed by atoms with van der Waals surface area (Å²) in [5.74, 6) is 0.263. The molecule has 0 saturated carbocycles. The number of aromatic nitrogens is 5. The molecular weight excluding hydrogens is 640 g/mol. The Morgan fingerprint density at radius 1 is 0.902 bits per heavy atom. The van der Waals surface area contributed by atoms with Crippen molar-refractivity contribution < 1.29 is 14.4 Å². The van der Waals surface area contributed by atoms with Crippen molar-refractivity contribution in [2.75, 3.05) is 31.6 Å². The quantitative estimate of drug-likeness (QED) is 0.182. The summed E-state index contributed by atoms with van der Waals surface area (Å²) in [7, 11) is 1.81. The second-order valence-corrected chi connectivity index (χ2v) is 14.1. The number of piperidine rings is 1. The normalized spacial score (nSPS) is 17.4. The van der Waals surface area contributed by atoms with Crippen LogP contribution >= 0.6 is 0 Å². The molecule has 0 N–H and O–H groups in total. The highest BCUT2D eigenvalue weighted by atomic mass is 16.2. The van der Waals surface area contributed by atoms with Crippen LogP contribution in [-0.2, 0) is 27.3 Å². The van der Waals surface area contributed by atoms with E-state index >= 15 is 4.79 Å². The van der Waals surface area contributed by atoms with E-state index in [2.05, 4.69) is 18.9 Å².